The second kappa shape index (κ2) is 4.11. The Hall–Kier alpha value is -0.550. The van der Waals surface area contributed by atoms with Crippen LogP contribution in [0.25, 0.3) is 0 Å². The highest BCUT2D eigenvalue weighted by atomic mass is 32.2. The van der Waals surface area contributed by atoms with E-state index < -0.39 is 0 Å². The minimum Gasteiger partial charge on any atom is -0.388 e. The van der Waals surface area contributed by atoms with E-state index in [1.165, 1.54) is 17.9 Å². The van der Waals surface area contributed by atoms with Gasteiger partial charge in [-0.2, -0.15) is 11.8 Å². The zero-order chi connectivity index (χ0) is 9.10. The molecular weight excluding hydrogens is 186 g/mol. The molecule has 2 rings (SSSR count). The molecule has 0 amide bonds. The number of aliphatic hydroxyl groups excluding tert-OH is 1. The van der Waals surface area contributed by atoms with Crippen LogP contribution in [-0.4, -0.2) is 31.4 Å². The van der Waals surface area contributed by atoms with Crippen molar-refractivity contribution in [2.45, 2.75) is 19.6 Å². The smallest absolute Gasteiger partial charge is 0.158 e. The Kier molecular flexibility index (Phi) is 2.85. The van der Waals surface area contributed by atoms with Crippen molar-refractivity contribution >= 4 is 11.8 Å². The Morgan fingerprint density at radius 3 is 3.31 bits per heavy atom. The van der Waals surface area contributed by atoms with Gasteiger partial charge in [0.05, 0.1) is 0 Å². The SMILES string of the molecule is OCc1nncn1CC1CCSC1. The molecule has 0 aromatic carbocycles. The number of thioether (sulfide) groups is 1. The third kappa shape index (κ3) is 2.03. The van der Waals surface area contributed by atoms with Crippen LogP contribution in [0.1, 0.15) is 12.2 Å². The maximum atomic E-state index is 8.95. The molecule has 1 saturated heterocycles. The van der Waals surface area contributed by atoms with Crippen molar-refractivity contribution < 1.29 is 5.11 Å². The van der Waals surface area contributed by atoms with Crippen molar-refractivity contribution in [1.82, 2.24) is 14.8 Å². The number of aromatic nitrogens is 3. The molecule has 1 aromatic heterocycles. The summed E-state index contributed by atoms with van der Waals surface area (Å²) in [6.45, 7) is 0.940. The quantitative estimate of drug-likeness (QED) is 0.771. The summed E-state index contributed by atoms with van der Waals surface area (Å²) < 4.78 is 1.95. The van der Waals surface area contributed by atoms with Crippen LogP contribution in [0, 0.1) is 5.92 Å². The number of aliphatic hydroxyl groups is 1. The van der Waals surface area contributed by atoms with Gasteiger partial charge in [-0.25, -0.2) is 0 Å². The molecule has 72 valence electrons. The summed E-state index contributed by atoms with van der Waals surface area (Å²) in [4.78, 5) is 0. The van der Waals surface area contributed by atoms with Crippen LogP contribution < -0.4 is 0 Å². The van der Waals surface area contributed by atoms with E-state index >= 15 is 0 Å². The Balaban J connectivity index is 1.99. The molecule has 13 heavy (non-hydrogen) atoms. The van der Waals surface area contributed by atoms with Crippen LogP contribution in [-0.2, 0) is 13.2 Å². The molecule has 4 nitrogen and oxygen atoms in total. The van der Waals surface area contributed by atoms with Gasteiger partial charge in [-0.3, -0.25) is 0 Å². The van der Waals surface area contributed by atoms with Gasteiger partial charge in [0.15, 0.2) is 5.82 Å². The second-order valence-corrected chi connectivity index (χ2v) is 4.44. The third-order valence-corrected chi connectivity index (χ3v) is 3.55. The van der Waals surface area contributed by atoms with Gasteiger partial charge in [0.1, 0.15) is 12.9 Å². The molecule has 1 aliphatic heterocycles. The van der Waals surface area contributed by atoms with Crippen molar-refractivity contribution in [3.8, 4) is 0 Å². The summed E-state index contributed by atoms with van der Waals surface area (Å²) in [6, 6.07) is 0. The van der Waals surface area contributed by atoms with E-state index in [0.29, 0.717) is 5.82 Å². The molecule has 2 heterocycles. The zero-order valence-electron chi connectivity index (χ0n) is 7.39. The largest absolute Gasteiger partial charge is 0.388 e. The Morgan fingerprint density at radius 1 is 1.69 bits per heavy atom. The lowest BCUT2D eigenvalue weighted by atomic mass is 10.1. The van der Waals surface area contributed by atoms with E-state index in [0.717, 1.165) is 12.5 Å². The van der Waals surface area contributed by atoms with Gasteiger partial charge >= 0.3 is 0 Å². The highest BCUT2D eigenvalue weighted by molar-refractivity contribution is 7.99. The van der Waals surface area contributed by atoms with Crippen molar-refractivity contribution in [3.05, 3.63) is 12.2 Å². The lowest BCUT2D eigenvalue weighted by molar-refractivity contribution is 0.262. The predicted molar refractivity (Wildman–Crippen MR) is 51.4 cm³/mol. The van der Waals surface area contributed by atoms with Crippen LogP contribution in [0.2, 0.25) is 0 Å². The molecule has 1 aromatic rings. The summed E-state index contributed by atoms with van der Waals surface area (Å²) in [5.41, 5.74) is 0. The first-order chi connectivity index (χ1) is 6.40. The van der Waals surface area contributed by atoms with E-state index in [-0.39, 0.29) is 6.61 Å². The average Bonchev–Trinajstić information content (AvgIpc) is 2.76. The molecule has 1 N–H and O–H groups in total. The molecule has 0 spiro atoms. The lowest BCUT2D eigenvalue weighted by Crippen LogP contribution is -2.12. The average molecular weight is 199 g/mol. The van der Waals surface area contributed by atoms with Crippen molar-refractivity contribution in [2.24, 2.45) is 5.92 Å². The van der Waals surface area contributed by atoms with E-state index in [1.807, 2.05) is 16.3 Å². The summed E-state index contributed by atoms with van der Waals surface area (Å²) in [5, 5.41) is 16.6. The van der Waals surface area contributed by atoms with Gasteiger partial charge in [-0.05, 0) is 23.8 Å². The van der Waals surface area contributed by atoms with Crippen LogP contribution in [0.4, 0.5) is 0 Å². The standard InChI is InChI=1S/C8H13N3OS/c12-4-8-10-9-6-11(8)3-7-1-2-13-5-7/h6-7,12H,1-5H2. The minimum absolute atomic E-state index is 0.0140. The molecule has 1 aliphatic rings. The number of rotatable bonds is 3. The topological polar surface area (TPSA) is 50.9 Å². The molecule has 0 bridgehead atoms. The molecule has 0 saturated carbocycles. The Labute approximate surface area is 81.4 Å². The fourth-order valence-electron chi connectivity index (χ4n) is 1.56. The zero-order valence-corrected chi connectivity index (χ0v) is 8.20. The molecule has 1 fully saturated rings. The number of hydrogen-bond donors (Lipinski definition) is 1. The van der Waals surface area contributed by atoms with Gasteiger partial charge in [0.25, 0.3) is 0 Å². The van der Waals surface area contributed by atoms with Crippen LogP contribution >= 0.6 is 11.8 Å². The van der Waals surface area contributed by atoms with Gasteiger partial charge in [0, 0.05) is 6.54 Å². The molecule has 5 heteroatoms. The molecule has 1 atom stereocenters. The fraction of sp³-hybridized carbons (Fsp3) is 0.750. The molecule has 0 aliphatic carbocycles. The first-order valence-corrected chi connectivity index (χ1v) is 5.61. The first kappa shape index (κ1) is 9.02. The Bertz CT molecular complexity index is 270. The highest BCUT2D eigenvalue weighted by Gasteiger charge is 2.17. The summed E-state index contributed by atoms with van der Waals surface area (Å²) in [6.07, 6.45) is 2.97. The van der Waals surface area contributed by atoms with Crippen LogP contribution in [0.3, 0.4) is 0 Å². The minimum atomic E-state index is -0.0140. The van der Waals surface area contributed by atoms with E-state index in [4.69, 9.17) is 5.11 Å². The van der Waals surface area contributed by atoms with E-state index in [2.05, 4.69) is 10.2 Å². The maximum Gasteiger partial charge on any atom is 0.158 e. The van der Waals surface area contributed by atoms with Gasteiger partial charge in [0.2, 0.25) is 0 Å². The summed E-state index contributed by atoms with van der Waals surface area (Å²) in [5.74, 6) is 3.90. The monoisotopic (exact) mass is 199 g/mol. The highest BCUT2D eigenvalue weighted by Crippen LogP contribution is 2.24. The molecule has 0 radical (unpaired) electrons. The Morgan fingerprint density at radius 2 is 2.62 bits per heavy atom. The second-order valence-electron chi connectivity index (χ2n) is 3.29. The van der Waals surface area contributed by atoms with Crippen molar-refractivity contribution in [2.75, 3.05) is 11.5 Å². The van der Waals surface area contributed by atoms with Crippen LogP contribution in [0.5, 0.6) is 0 Å². The van der Waals surface area contributed by atoms with Crippen molar-refractivity contribution in [3.63, 3.8) is 0 Å². The maximum absolute atomic E-state index is 8.95. The number of hydrogen-bond acceptors (Lipinski definition) is 4. The number of nitrogens with zero attached hydrogens (tertiary/aromatic N) is 3. The summed E-state index contributed by atoms with van der Waals surface area (Å²) in [7, 11) is 0. The normalized spacial score (nSPS) is 22.4. The third-order valence-electron chi connectivity index (χ3n) is 2.32. The van der Waals surface area contributed by atoms with Gasteiger partial charge in [-0.15, -0.1) is 10.2 Å². The lowest BCUT2D eigenvalue weighted by Gasteiger charge is -2.09. The van der Waals surface area contributed by atoms with Gasteiger partial charge in [-0.1, -0.05) is 0 Å². The summed E-state index contributed by atoms with van der Waals surface area (Å²) >= 11 is 2.00. The van der Waals surface area contributed by atoms with Crippen molar-refractivity contribution in [1.29, 1.82) is 0 Å². The molecule has 1 unspecified atom stereocenters. The predicted octanol–water partition coefficient (Wildman–Crippen LogP) is 0.524. The van der Waals surface area contributed by atoms with E-state index in [1.54, 1.807) is 6.33 Å². The van der Waals surface area contributed by atoms with E-state index in [9.17, 15) is 0 Å². The molecular formula is C8H13N3OS. The fourth-order valence-corrected chi connectivity index (χ4v) is 2.83. The van der Waals surface area contributed by atoms with Gasteiger partial charge < -0.3 is 9.67 Å². The first-order valence-electron chi connectivity index (χ1n) is 4.45. The van der Waals surface area contributed by atoms with Crippen LogP contribution in [0.15, 0.2) is 6.33 Å².